The molecule has 0 heterocycles. The van der Waals surface area contributed by atoms with Crippen LogP contribution in [0.3, 0.4) is 0 Å². The first kappa shape index (κ1) is 182. The van der Waals surface area contributed by atoms with Crippen molar-refractivity contribution in [1.29, 1.82) is 0 Å². The SMILES string of the molecule is O.[Al+3].[Al+3].[Ca+2].[Ca+2].[O-2].[O-2].[O-2].[O-2].[O-2]. The molecule has 10 heteroatoms. The average molecular weight is 232 g/mol. The zero-order valence-electron chi connectivity index (χ0n) is 5.11. The molecular weight excluding hydrogens is 230 g/mol. The van der Waals surface area contributed by atoms with Crippen molar-refractivity contribution in [2.45, 2.75) is 0 Å². The van der Waals surface area contributed by atoms with Gasteiger partial charge in [-0.2, -0.15) is 0 Å². The fourth-order valence-electron chi connectivity index (χ4n) is 0. The Kier molecular flexibility index (Phi) is 2580. The first-order chi connectivity index (χ1) is 0. The number of hydrogen-bond donors (Lipinski definition) is 0. The smallest absolute Gasteiger partial charge is 2.00 e. The van der Waals surface area contributed by atoms with Gasteiger partial charge in [0.1, 0.15) is 0 Å². The molecular formula is H2Al2Ca2O6. The van der Waals surface area contributed by atoms with Gasteiger partial charge in [0.2, 0.25) is 0 Å². The van der Waals surface area contributed by atoms with E-state index in [9.17, 15) is 0 Å². The quantitative estimate of drug-likeness (QED) is 0.388. The van der Waals surface area contributed by atoms with Gasteiger partial charge in [-0.15, -0.1) is 0 Å². The molecule has 0 spiro atoms. The van der Waals surface area contributed by atoms with Crippen molar-refractivity contribution in [2.24, 2.45) is 0 Å². The van der Waals surface area contributed by atoms with E-state index >= 15 is 0 Å². The molecule has 0 aromatic carbocycles. The van der Waals surface area contributed by atoms with Gasteiger partial charge in [-0.1, -0.05) is 0 Å². The molecule has 0 amide bonds. The van der Waals surface area contributed by atoms with E-state index in [0.29, 0.717) is 0 Å². The van der Waals surface area contributed by atoms with E-state index in [1.165, 1.54) is 0 Å². The molecule has 0 aliphatic rings. The summed E-state index contributed by atoms with van der Waals surface area (Å²) in [6.07, 6.45) is 0. The second kappa shape index (κ2) is 142. The third-order valence-corrected chi connectivity index (χ3v) is 0. The van der Waals surface area contributed by atoms with E-state index in [-0.39, 0.29) is 143 Å². The van der Waals surface area contributed by atoms with E-state index in [1.54, 1.807) is 0 Å². The van der Waals surface area contributed by atoms with Crippen LogP contribution in [0.15, 0.2) is 0 Å². The van der Waals surface area contributed by atoms with Gasteiger partial charge in [0.25, 0.3) is 0 Å². The summed E-state index contributed by atoms with van der Waals surface area (Å²) in [6, 6.07) is 0. The van der Waals surface area contributed by atoms with Crippen molar-refractivity contribution in [3.63, 3.8) is 0 Å². The first-order valence-corrected chi connectivity index (χ1v) is 0. The molecule has 0 aromatic heterocycles. The predicted octanol–water partition coefficient (Wildman–Crippen LogP) is -2.94. The molecule has 6 nitrogen and oxygen atoms in total. The first-order valence-electron chi connectivity index (χ1n) is 0. The molecule has 0 fully saturated rings. The Morgan fingerprint density at radius 3 is 0.400 bits per heavy atom. The van der Waals surface area contributed by atoms with Gasteiger partial charge in [-0.05, 0) is 0 Å². The summed E-state index contributed by atoms with van der Waals surface area (Å²) in [6.45, 7) is 0. The van der Waals surface area contributed by atoms with Crippen LogP contribution in [0.4, 0.5) is 0 Å². The Morgan fingerprint density at radius 2 is 0.400 bits per heavy atom. The van der Waals surface area contributed by atoms with E-state index in [0.717, 1.165) is 0 Å². The van der Waals surface area contributed by atoms with Crippen molar-refractivity contribution in [1.82, 2.24) is 0 Å². The summed E-state index contributed by atoms with van der Waals surface area (Å²) in [5.74, 6) is 0. The van der Waals surface area contributed by atoms with Gasteiger partial charge < -0.3 is 32.9 Å². The summed E-state index contributed by atoms with van der Waals surface area (Å²) < 4.78 is 0. The van der Waals surface area contributed by atoms with Crippen LogP contribution < -0.4 is 0 Å². The third-order valence-electron chi connectivity index (χ3n) is 0. The molecule has 0 aliphatic heterocycles. The Bertz CT molecular complexity index is 13.7. The topological polar surface area (TPSA) is 174 Å². The maximum atomic E-state index is 0. The van der Waals surface area contributed by atoms with Crippen molar-refractivity contribution in [3.8, 4) is 0 Å². The predicted molar refractivity (Wildman–Crippen MR) is 30.1 cm³/mol. The summed E-state index contributed by atoms with van der Waals surface area (Å²) in [7, 11) is 0. The van der Waals surface area contributed by atoms with E-state index in [2.05, 4.69) is 0 Å². The van der Waals surface area contributed by atoms with Crippen LogP contribution in [0.2, 0.25) is 0 Å². The molecule has 0 saturated carbocycles. The Morgan fingerprint density at radius 1 is 0.400 bits per heavy atom. The number of rotatable bonds is 0. The molecule has 0 aromatic rings. The van der Waals surface area contributed by atoms with E-state index < -0.39 is 0 Å². The van der Waals surface area contributed by atoms with Gasteiger partial charge >= 0.3 is 110 Å². The number of hydrogen-bond acceptors (Lipinski definition) is 0. The zero-order chi connectivity index (χ0) is 0. The van der Waals surface area contributed by atoms with Crippen LogP contribution in [0.25, 0.3) is 0 Å². The molecule has 48 valence electrons. The largest absolute Gasteiger partial charge is 3.00 e. The molecule has 2 N–H and O–H groups in total. The van der Waals surface area contributed by atoms with Gasteiger partial charge in [0, 0.05) is 0 Å². The second-order valence-corrected chi connectivity index (χ2v) is 0. The Labute approximate surface area is 140 Å². The normalized spacial score (nSPS) is 0. The molecule has 0 atom stereocenters. The van der Waals surface area contributed by atoms with Crippen LogP contribution in [-0.2, 0) is 27.4 Å². The zero-order valence-corrected chi connectivity index (χ0v) is 11.8. The Balaban J connectivity index is 0. The van der Waals surface area contributed by atoms with Crippen LogP contribution in [0.1, 0.15) is 0 Å². The summed E-state index contributed by atoms with van der Waals surface area (Å²) in [5, 5.41) is 0. The summed E-state index contributed by atoms with van der Waals surface area (Å²) in [4.78, 5) is 0. The fraction of sp³-hybridized carbons (Fsp3) is 0. The molecule has 0 aliphatic carbocycles. The van der Waals surface area contributed by atoms with Gasteiger partial charge in [-0.25, -0.2) is 0 Å². The molecule has 0 radical (unpaired) electrons. The van der Waals surface area contributed by atoms with Crippen LogP contribution in [0.5, 0.6) is 0 Å². The van der Waals surface area contributed by atoms with Crippen LogP contribution >= 0.6 is 0 Å². The van der Waals surface area contributed by atoms with Gasteiger partial charge in [-0.3, -0.25) is 0 Å². The summed E-state index contributed by atoms with van der Waals surface area (Å²) >= 11 is 0. The maximum Gasteiger partial charge on any atom is 3.00 e. The van der Waals surface area contributed by atoms with Crippen molar-refractivity contribution in [3.05, 3.63) is 0 Å². The third kappa shape index (κ3) is 109. The van der Waals surface area contributed by atoms with Crippen molar-refractivity contribution in [2.75, 3.05) is 0 Å². The molecule has 0 bridgehead atoms. The minimum absolute atomic E-state index is 0. The standard InChI is InChI=1S/2Al.2Ca.H2O.5O/h;;;;1H2;;;;;/q2*+3;2*+2;;5*-2. The monoisotopic (exact) mass is 232 g/mol. The fourth-order valence-corrected chi connectivity index (χ4v) is 0. The van der Waals surface area contributed by atoms with Crippen LogP contribution in [-0.4, -0.2) is 116 Å². The van der Waals surface area contributed by atoms with Crippen molar-refractivity contribution < 1.29 is 32.9 Å². The molecule has 0 unspecified atom stereocenters. The van der Waals surface area contributed by atoms with Gasteiger partial charge in [0.05, 0.1) is 0 Å². The molecule has 0 saturated heterocycles. The summed E-state index contributed by atoms with van der Waals surface area (Å²) in [5.41, 5.74) is 0. The molecule has 10 heavy (non-hydrogen) atoms. The average Bonchev–Trinajstić information content (AvgIpc) is 0. The second-order valence-electron chi connectivity index (χ2n) is 0. The van der Waals surface area contributed by atoms with E-state index in [1.807, 2.05) is 0 Å². The van der Waals surface area contributed by atoms with E-state index in [4.69, 9.17) is 0 Å². The molecule has 0 rings (SSSR count). The Hall–Kier alpha value is 3.34. The maximum absolute atomic E-state index is 0. The van der Waals surface area contributed by atoms with Crippen LogP contribution in [0, 0.1) is 0 Å². The minimum atomic E-state index is 0. The van der Waals surface area contributed by atoms with Gasteiger partial charge in [0.15, 0.2) is 0 Å². The minimum Gasteiger partial charge on any atom is -2.00 e. The van der Waals surface area contributed by atoms with Crippen molar-refractivity contribution >= 4 is 110 Å².